The number of halogens is 2. The number of ether oxygens (including phenoxy) is 1. The van der Waals surface area contributed by atoms with Gasteiger partial charge in [-0.2, -0.15) is 0 Å². The fraction of sp³-hybridized carbons (Fsp3) is 0.583. The summed E-state index contributed by atoms with van der Waals surface area (Å²) in [6.45, 7) is 2.65. The molecule has 0 aromatic carbocycles. The van der Waals surface area contributed by atoms with Gasteiger partial charge in [0, 0.05) is 7.11 Å². The van der Waals surface area contributed by atoms with Crippen molar-refractivity contribution in [1.29, 1.82) is 0 Å². The lowest BCUT2D eigenvalue weighted by molar-refractivity contribution is 0.179. The fourth-order valence-corrected chi connectivity index (χ4v) is 2.51. The molecule has 1 atom stereocenters. The van der Waals surface area contributed by atoms with Crippen LogP contribution in [0.3, 0.4) is 0 Å². The molecular weight excluding hydrogens is 259 g/mol. The van der Waals surface area contributed by atoms with E-state index in [9.17, 15) is 0 Å². The van der Waals surface area contributed by atoms with Crippen LogP contribution in [0.15, 0.2) is 6.07 Å². The van der Waals surface area contributed by atoms with Crippen LogP contribution in [-0.2, 0) is 4.74 Å². The van der Waals surface area contributed by atoms with E-state index in [1.807, 2.05) is 13.0 Å². The quantitative estimate of drug-likeness (QED) is 0.835. The largest absolute Gasteiger partial charge is 0.383 e. The molecule has 0 radical (unpaired) electrons. The van der Waals surface area contributed by atoms with Crippen LogP contribution in [0.1, 0.15) is 18.4 Å². The lowest BCUT2D eigenvalue weighted by atomic mass is 10.1. The number of nitrogens with zero attached hydrogens (tertiary/aromatic N) is 1. The standard InChI is InChI=1S/C12H16Cl2N2O/c1-7-5-10(13)16-12(14)11(7)15-9(6-17-2)8-3-4-8/h5,8-9,15H,3-4,6H2,1-2H3. The minimum Gasteiger partial charge on any atom is -0.383 e. The van der Waals surface area contributed by atoms with Gasteiger partial charge >= 0.3 is 0 Å². The van der Waals surface area contributed by atoms with Crippen molar-refractivity contribution in [2.75, 3.05) is 19.0 Å². The summed E-state index contributed by atoms with van der Waals surface area (Å²) in [6, 6.07) is 2.12. The lowest BCUT2D eigenvalue weighted by Gasteiger charge is -2.20. The van der Waals surface area contributed by atoms with Crippen LogP contribution in [-0.4, -0.2) is 24.7 Å². The number of methoxy groups -OCH3 is 1. The number of hydrogen-bond acceptors (Lipinski definition) is 3. The molecule has 1 fully saturated rings. The van der Waals surface area contributed by atoms with E-state index in [-0.39, 0.29) is 0 Å². The Bertz CT molecular complexity index is 384. The molecule has 1 heterocycles. The van der Waals surface area contributed by atoms with Crippen molar-refractivity contribution >= 4 is 28.9 Å². The average Bonchev–Trinajstić information content (AvgIpc) is 3.05. The molecule has 1 aliphatic rings. The molecule has 1 aromatic heterocycles. The Labute approximate surface area is 111 Å². The Morgan fingerprint density at radius 2 is 2.24 bits per heavy atom. The van der Waals surface area contributed by atoms with Gasteiger partial charge in [-0.15, -0.1) is 0 Å². The van der Waals surface area contributed by atoms with Crippen LogP contribution in [0.25, 0.3) is 0 Å². The van der Waals surface area contributed by atoms with Gasteiger partial charge in [-0.25, -0.2) is 4.98 Å². The third kappa shape index (κ3) is 3.24. The predicted octanol–water partition coefficient (Wildman–Crippen LogP) is 3.53. The van der Waals surface area contributed by atoms with Gasteiger partial charge in [-0.05, 0) is 37.3 Å². The second-order valence-electron chi connectivity index (χ2n) is 4.47. The van der Waals surface area contributed by atoms with E-state index >= 15 is 0 Å². The summed E-state index contributed by atoms with van der Waals surface area (Å²) in [5.41, 5.74) is 1.88. The number of aryl methyl sites for hydroxylation is 1. The highest BCUT2D eigenvalue weighted by molar-refractivity contribution is 6.34. The third-order valence-corrected chi connectivity index (χ3v) is 3.48. The van der Waals surface area contributed by atoms with E-state index in [2.05, 4.69) is 10.3 Å². The first-order valence-electron chi connectivity index (χ1n) is 5.70. The number of hydrogen-bond donors (Lipinski definition) is 1. The van der Waals surface area contributed by atoms with Crippen molar-refractivity contribution in [3.8, 4) is 0 Å². The minimum atomic E-state index is 0.305. The maximum Gasteiger partial charge on any atom is 0.154 e. The smallest absolute Gasteiger partial charge is 0.154 e. The summed E-state index contributed by atoms with van der Waals surface area (Å²) >= 11 is 12.0. The molecule has 5 heteroatoms. The van der Waals surface area contributed by atoms with Gasteiger partial charge in [0.25, 0.3) is 0 Å². The summed E-state index contributed by atoms with van der Waals surface area (Å²) in [5, 5.41) is 4.28. The highest BCUT2D eigenvalue weighted by Crippen LogP contribution is 2.36. The molecule has 0 saturated heterocycles. The van der Waals surface area contributed by atoms with E-state index in [1.165, 1.54) is 12.8 Å². The number of rotatable bonds is 5. The Hall–Kier alpha value is -0.510. The molecular formula is C12H16Cl2N2O. The van der Waals surface area contributed by atoms with Crippen molar-refractivity contribution in [3.63, 3.8) is 0 Å². The van der Waals surface area contributed by atoms with Crippen molar-refractivity contribution in [2.24, 2.45) is 5.92 Å². The summed E-state index contributed by atoms with van der Waals surface area (Å²) in [6.07, 6.45) is 2.50. The normalized spacial score (nSPS) is 16.9. The van der Waals surface area contributed by atoms with E-state index in [0.717, 1.165) is 11.3 Å². The lowest BCUT2D eigenvalue weighted by Crippen LogP contribution is -2.27. The highest BCUT2D eigenvalue weighted by Gasteiger charge is 2.31. The Balaban J connectivity index is 2.16. The number of pyridine rings is 1. The summed E-state index contributed by atoms with van der Waals surface area (Å²) in [4.78, 5) is 4.05. The number of aromatic nitrogens is 1. The zero-order valence-electron chi connectivity index (χ0n) is 9.96. The summed E-state index contributed by atoms with van der Waals surface area (Å²) in [5.74, 6) is 0.682. The van der Waals surface area contributed by atoms with Gasteiger partial charge in [0.05, 0.1) is 18.3 Å². The van der Waals surface area contributed by atoms with Gasteiger partial charge < -0.3 is 10.1 Å². The van der Waals surface area contributed by atoms with E-state index in [0.29, 0.717) is 28.9 Å². The monoisotopic (exact) mass is 274 g/mol. The van der Waals surface area contributed by atoms with Gasteiger partial charge in [-0.3, -0.25) is 0 Å². The summed E-state index contributed by atoms with van der Waals surface area (Å²) in [7, 11) is 1.71. The van der Waals surface area contributed by atoms with E-state index in [1.54, 1.807) is 7.11 Å². The van der Waals surface area contributed by atoms with Crippen LogP contribution in [0.2, 0.25) is 10.3 Å². The first-order valence-corrected chi connectivity index (χ1v) is 6.45. The second kappa shape index (κ2) is 5.42. The topological polar surface area (TPSA) is 34.1 Å². The zero-order chi connectivity index (χ0) is 12.4. The predicted molar refractivity (Wildman–Crippen MR) is 71.0 cm³/mol. The SMILES string of the molecule is COCC(Nc1c(C)cc(Cl)nc1Cl)C1CC1. The molecule has 1 N–H and O–H groups in total. The Morgan fingerprint density at radius 3 is 2.76 bits per heavy atom. The van der Waals surface area contributed by atoms with Crippen LogP contribution in [0.4, 0.5) is 5.69 Å². The third-order valence-electron chi connectivity index (χ3n) is 3.01. The van der Waals surface area contributed by atoms with Crippen molar-refractivity contribution in [2.45, 2.75) is 25.8 Å². The van der Waals surface area contributed by atoms with E-state index in [4.69, 9.17) is 27.9 Å². The van der Waals surface area contributed by atoms with Gasteiger partial charge in [-0.1, -0.05) is 23.2 Å². The molecule has 17 heavy (non-hydrogen) atoms. The van der Waals surface area contributed by atoms with E-state index < -0.39 is 0 Å². The Morgan fingerprint density at radius 1 is 1.53 bits per heavy atom. The molecule has 1 saturated carbocycles. The molecule has 1 aliphatic carbocycles. The number of anilines is 1. The molecule has 1 aromatic rings. The van der Waals surface area contributed by atoms with Gasteiger partial charge in [0.15, 0.2) is 5.15 Å². The van der Waals surface area contributed by atoms with Crippen molar-refractivity contribution in [1.82, 2.24) is 4.98 Å². The first-order chi connectivity index (χ1) is 8.11. The maximum absolute atomic E-state index is 6.11. The molecule has 0 spiro atoms. The van der Waals surface area contributed by atoms with Gasteiger partial charge in [0.2, 0.25) is 0 Å². The van der Waals surface area contributed by atoms with Crippen LogP contribution in [0.5, 0.6) is 0 Å². The van der Waals surface area contributed by atoms with Crippen molar-refractivity contribution < 1.29 is 4.74 Å². The number of nitrogens with one attached hydrogen (secondary N) is 1. The summed E-state index contributed by atoms with van der Waals surface area (Å²) < 4.78 is 5.23. The van der Waals surface area contributed by atoms with Crippen LogP contribution in [0, 0.1) is 12.8 Å². The van der Waals surface area contributed by atoms with Crippen LogP contribution >= 0.6 is 23.2 Å². The molecule has 3 nitrogen and oxygen atoms in total. The molecule has 1 unspecified atom stereocenters. The molecule has 2 rings (SSSR count). The molecule has 0 bridgehead atoms. The molecule has 0 aliphatic heterocycles. The first kappa shape index (κ1) is 12.9. The maximum atomic E-state index is 6.11. The average molecular weight is 275 g/mol. The molecule has 94 valence electrons. The molecule has 0 amide bonds. The van der Waals surface area contributed by atoms with Crippen molar-refractivity contribution in [3.05, 3.63) is 21.9 Å². The van der Waals surface area contributed by atoms with Crippen LogP contribution < -0.4 is 5.32 Å². The fourth-order valence-electron chi connectivity index (χ4n) is 1.93. The Kier molecular flexibility index (Phi) is 4.13. The zero-order valence-corrected chi connectivity index (χ0v) is 11.5. The minimum absolute atomic E-state index is 0.305. The highest BCUT2D eigenvalue weighted by atomic mass is 35.5. The second-order valence-corrected chi connectivity index (χ2v) is 5.22. The van der Waals surface area contributed by atoms with Gasteiger partial charge in [0.1, 0.15) is 5.15 Å².